The zero-order valence-electron chi connectivity index (χ0n) is 11.2. The maximum Gasteiger partial charge on any atom is 0.243 e. The molecule has 110 valence electrons. The number of phenolic OH excluding ortho intramolecular Hbond substituents is 2. The minimum atomic E-state index is -0.960. The number of aliphatic hydroxyl groups is 1. The molecule has 21 heavy (non-hydrogen) atoms. The summed E-state index contributed by atoms with van der Waals surface area (Å²) in [5, 5.41) is 30.1. The predicted octanol–water partition coefficient (Wildman–Crippen LogP) is 1.02. The van der Waals surface area contributed by atoms with Crippen molar-refractivity contribution in [3.05, 3.63) is 42.5 Å². The standard InChI is InChI=1S/C15H16N2O4/c16-12(8-18)15(21)17-11-4-1-9(2-5-11)10-3-6-13(19)14(20)7-10/h1-7,12,18-20H,8,16H2,(H,17,21)/t12-/m0/s1. The molecule has 0 aliphatic rings. The summed E-state index contributed by atoms with van der Waals surface area (Å²) in [5.74, 6) is -0.841. The minimum absolute atomic E-state index is 0.180. The molecule has 1 atom stereocenters. The summed E-state index contributed by atoms with van der Waals surface area (Å²) in [4.78, 5) is 11.5. The van der Waals surface area contributed by atoms with E-state index in [1.807, 2.05) is 0 Å². The van der Waals surface area contributed by atoms with E-state index in [-0.39, 0.29) is 11.5 Å². The van der Waals surface area contributed by atoms with Gasteiger partial charge in [-0.3, -0.25) is 4.79 Å². The molecule has 0 unspecified atom stereocenters. The van der Waals surface area contributed by atoms with Gasteiger partial charge in [-0.05, 0) is 35.4 Å². The van der Waals surface area contributed by atoms with Gasteiger partial charge in [-0.15, -0.1) is 0 Å². The molecule has 0 saturated carbocycles. The Bertz CT molecular complexity index is 641. The van der Waals surface area contributed by atoms with Gasteiger partial charge in [0.15, 0.2) is 11.5 Å². The SMILES string of the molecule is N[C@@H](CO)C(=O)Nc1ccc(-c2ccc(O)c(O)c2)cc1. The van der Waals surface area contributed by atoms with Gasteiger partial charge in [0.1, 0.15) is 6.04 Å². The molecule has 0 aliphatic heterocycles. The van der Waals surface area contributed by atoms with Crippen LogP contribution in [0.25, 0.3) is 11.1 Å². The first-order valence-corrected chi connectivity index (χ1v) is 6.31. The van der Waals surface area contributed by atoms with Gasteiger partial charge in [0.05, 0.1) is 6.61 Å². The molecular weight excluding hydrogens is 272 g/mol. The van der Waals surface area contributed by atoms with E-state index in [9.17, 15) is 15.0 Å². The molecule has 6 heteroatoms. The van der Waals surface area contributed by atoms with Crippen LogP contribution in [0.1, 0.15) is 0 Å². The van der Waals surface area contributed by atoms with Gasteiger partial charge >= 0.3 is 0 Å². The zero-order chi connectivity index (χ0) is 15.4. The maximum absolute atomic E-state index is 11.5. The van der Waals surface area contributed by atoms with E-state index in [0.717, 1.165) is 11.1 Å². The molecule has 0 aromatic heterocycles. The summed E-state index contributed by atoms with van der Waals surface area (Å²) in [5.41, 5.74) is 7.50. The Morgan fingerprint density at radius 3 is 2.24 bits per heavy atom. The summed E-state index contributed by atoms with van der Waals surface area (Å²) in [6, 6.07) is 10.4. The van der Waals surface area contributed by atoms with Crippen LogP contribution in [-0.4, -0.2) is 33.9 Å². The number of anilines is 1. The lowest BCUT2D eigenvalue weighted by molar-refractivity contribution is -0.118. The van der Waals surface area contributed by atoms with Crippen molar-refractivity contribution in [1.82, 2.24) is 0 Å². The van der Waals surface area contributed by atoms with Gasteiger partial charge in [-0.1, -0.05) is 18.2 Å². The highest BCUT2D eigenvalue weighted by molar-refractivity contribution is 5.95. The van der Waals surface area contributed by atoms with Crippen molar-refractivity contribution in [2.24, 2.45) is 5.73 Å². The number of benzene rings is 2. The lowest BCUT2D eigenvalue weighted by Crippen LogP contribution is -2.38. The number of carbonyl (C=O) groups excluding carboxylic acids is 1. The molecular formula is C15H16N2O4. The third-order valence-corrected chi connectivity index (χ3v) is 2.99. The molecule has 0 heterocycles. The van der Waals surface area contributed by atoms with Gasteiger partial charge in [0, 0.05) is 5.69 Å². The Balaban J connectivity index is 2.15. The van der Waals surface area contributed by atoms with E-state index in [2.05, 4.69) is 5.32 Å². The van der Waals surface area contributed by atoms with Crippen LogP contribution in [-0.2, 0) is 4.79 Å². The average Bonchev–Trinajstić information content (AvgIpc) is 2.50. The van der Waals surface area contributed by atoms with Crippen LogP contribution < -0.4 is 11.1 Å². The van der Waals surface area contributed by atoms with Crippen LogP contribution in [0.5, 0.6) is 11.5 Å². The van der Waals surface area contributed by atoms with Crippen LogP contribution in [0, 0.1) is 0 Å². The number of aromatic hydroxyl groups is 2. The lowest BCUT2D eigenvalue weighted by atomic mass is 10.0. The molecule has 0 bridgehead atoms. The highest BCUT2D eigenvalue weighted by Crippen LogP contribution is 2.30. The number of aliphatic hydroxyl groups excluding tert-OH is 1. The third-order valence-electron chi connectivity index (χ3n) is 2.99. The van der Waals surface area contributed by atoms with Crippen LogP contribution in [0.2, 0.25) is 0 Å². The Morgan fingerprint density at radius 2 is 1.67 bits per heavy atom. The summed E-state index contributed by atoms with van der Waals surface area (Å²) in [6.07, 6.45) is 0. The van der Waals surface area contributed by atoms with Crippen molar-refractivity contribution in [3.63, 3.8) is 0 Å². The quantitative estimate of drug-likeness (QED) is 0.539. The molecule has 0 saturated heterocycles. The normalized spacial score (nSPS) is 11.9. The molecule has 6 N–H and O–H groups in total. The first-order valence-electron chi connectivity index (χ1n) is 6.31. The van der Waals surface area contributed by atoms with Crippen molar-refractivity contribution in [2.75, 3.05) is 11.9 Å². The molecule has 0 fully saturated rings. The van der Waals surface area contributed by atoms with Crippen molar-refractivity contribution in [2.45, 2.75) is 6.04 Å². The van der Waals surface area contributed by atoms with E-state index < -0.39 is 18.6 Å². The first-order chi connectivity index (χ1) is 10.0. The van der Waals surface area contributed by atoms with Gasteiger partial charge in [0.2, 0.25) is 5.91 Å². The lowest BCUT2D eigenvalue weighted by Gasteiger charge is -2.10. The van der Waals surface area contributed by atoms with Gasteiger partial charge in [-0.25, -0.2) is 0 Å². The number of hydrogen-bond acceptors (Lipinski definition) is 5. The van der Waals surface area contributed by atoms with Crippen LogP contribution in [0.4, 0.5) is 5.69 Å². The average molecular weight is 288 g/mol. The molecule has 0 aliphatic carbocycles. The Morgan fingerprint density at radius 1 is 1.05 bits per heavy atom. The zero-order valence-corrected chi connectivity index (χ0v) is 11.2. The summed E-state index contributed by atoms with van der Waals surface area (Å²) < 4.78 is 0. The topological polar surface area (TPSA) is 116 Å². The van der Waals surface area contributed by atoms with Crippen molar-refractivity contribution < 1.29 is 20.1 Å². The second-order valence-electron chi connectivity index (χ2n) is 4.56. The molecule has 0 radical (unpaired) electrons. The number of carbonyl (C=O) groups is 1. The van der Waals surface area contributed by atoms with Crippen LogP contribution in [0.3, 0.4) is 0 Å². The van der Waals surface area contributed by atoms with E-state index in [1.165, 1.54) is 12.1 Å². The van der Waals surface area contributed by atoms with Crippen molar-refractivity contribution in [1.29, 1.82) is 0 Å². The monoisotopic (exact) mass is 288 g/mol. The Hall–Kier alpha value is -2.57. The predicted molar refractivity (Wildman–Crippen MR) is 78.9 cm³/mol. The number of amides is 1. The number of phenols is 2. The molecule has 6 nitrogen and oxygen atoms in total. The van der Waals surface area contributed by atoms with Crippen LogP contribution >= 0.6 is 0 Å². The smallest absolute Gasteiger partial charge is 0.243 e. The highest BCUT2D eigenvalue weighted by Gasteiger charge is 2.12. The fraction of sp³-hybridized carbons (Fsp3) is 0.133. The summed E-state index contributed by atoms with van der Waals surface area (Å²) in [7, 11) is 0. The third kappa shape index (κ3) is 3.50. The summed E-state index contributed by atoms with van der Waals surface area (Å²) >= 11 is 0. The fourth-order valence-electron chi connectivity index (χ4n) is 1.77. The Kier molecular flexibility index (Phi) is 4.42. The van der Waals surface area contributed by atoms with Crippen molar-refractivity contribution in [3.8, 4) is 22.6 Å². The van der Waals surface area contributed by atoms with E-state index >= 15 is 0 Å². The number of rotatable bonds is 4. The number of nitrogens with two attached hydrogens (primary N) is 1. The molecule has 1 amide bonds. The molecule has 2 aromatic rings. The Labute approximate surface area is 121 Å². The van der Waals surface area contributed by atoms with Gasteiger partial charge < -0.3 is 26.4 Å². The van der Waals surface area contributed by atoms with E-state index in [1.54, 1.807) is 30.3 Å². The largest absolute Gasteiger partial charge is 0.504 e. The second-order valence-corrected chi connectivity index (χ2v) is 4.56. The molecule has 2 rings (SSSR count). The first kappa shape index (κ1) is 14.8. The second kappa shape index (κ2) is 6.25. The number of hydrogen-bond donors (Lipinski definition) is 5. The van der Waals surface area contributed by atoms with Gasteiger partial charge in [0.25, 0.3) is 0 Å². The fourth-order valence-corrected chi connectivity index (χ4v) is 1.77. The van der Waals surface area contributed by atoms with E-state index in [0.29, 0.717) is 5.69 Å². The highest BCUT2D eigenvalue weighted by atomic mass is 16.3. The van der Waals surface area contributed by atoms with Crippen molar-refractivity contribution >= 4 is 11.6 Å². The van der Waals surface area contributed by atoms with E-state index in [4.69, 9.17) is 10.8 Å². The number of nitrogens with one attached hydrogen (secondary N) is 1. The maximum atomic E-state index is 11.5. The summed E-state index contributed by atoms with van der Waals surface area (Å²) in [6.45, 7) is -0.420. The molecule has 0 spiro atoms. The van der Waals surface area contributed by atoms with Gasteiger partial charge in [-0.2, -0.15) is 0 Å². The minimum Gasteiger partial charge on any atom is -0.504 e. The molecule has 2 aromatic carbocycles. The van der Waals surface area contributed by atoms with Crippen LogP contribution in [0.15, 0.2) is 42.5 Å².